The van der Waals surface area contributed by atoms with Crippen molar-refractivity contribution in [3.63, 3.8) is 0 Å². The van der Waals surface area contributed by atoms with E-state index in [-0.39, 0.29) is 23.6 Å². The van der Waals surface area contributed by atoms with Crippen LogP contribution in [0.3, 0.4) is 0 Å². The van der Waals surface area contributed by atoms with Crippen molar-refractivity contribution in [3.8, 4) is 6.07 Å². The fourth-order valence-corrected chi connectivity index (χ4v) is 2.81. The van der Waals surface area contributed by atoms with Crippen LogP contribution in [-0.2, 0) is 0 Å². The van der Waals surface area contributed by atoms with E-state index in [4.69, 9.17) is 5.26 Å². The Morgan fingerprint density at radius 2 is 2.04 bits per heavy atom. The molecule has 0 atom stereocenters. The van der Waals surface area contributed by atoms with Crippen LogP contribution in [0.1, 0.15) is 39.3 Å². The van der Waals surface area contributed by atoms with Crippen molar-refractivity contribution in [2.24, 2.45) is 0 Å². The van der Waals surface area contributed by atoms with Crippen LogP contribution in [0, 0.1) is 11.3 Å². The Bertz CT molecular complexity index is 808. The molecule has 126 valence electrons. The second-order valence-corrected chi connectivity index (χ2v) is 5.82. The molecule has 1 fully saturated rings. The lowest BCUT2D eigenvalue weighted by Gasteiger charge is -2.32. The summed E-state index contributed by atoms with van der Waals surface area (Å²) >= 11 is 0. The van der Waals surface area contributed by atoms with Crippen LogP contribution in [0.15, 0.2) is 42.9 Å². The Morgan fingerprint density at radius 3 is 2.72 bits per heavy atom. The zero-order valence-corrected chi connectivity index (χ0v) is 13.6. The van der Waals surface area contributed by atoms with E-state index < -0.39 is 0 Å². The molecular weight excluding hydrogens is 318 g/mol. The van der Waals surface area contributed by atoms with E-state index in [2.05, 4.69) is 15.3 Å². The van der Waals surface area contributed by atoms with Crippen LogP contribution in [-0.4, -0.2) is 45.8 Å². The summed E-state index contributed by atoms with van der Waals surface area (Å²) in [6.07, 6.45) is 5.77. The monoisotopic (exact) mass is 335 g/mol. The number of likely N-dealkylation sites (tertiary alicyclic amines) is 1. The highest BCUT2D eigenvalue weighted by Crippen LogP contribution is 2.15. The molecule has 1 N–H and O–H groups in total. The number of nitriles is 1. The summed E-state index contributed by atoms with van der Waals surface area (Å²) in [5.74, 6) is -0.338. The third-order valence-electron chi connectivity index (χ3n) is 4.15. The number of benzene rings is 1. The first kappa shape index (κ1) is 16.6. The highest BCUT2D eigenvalue weighted by atomic mass is 16.2. The van der Waals surface area contributed by atoms with Crippen molar-refractivity contribution in [2.45, 2.75) is 18.9 Å². The second kappa shape index (κ2) is 7.53. The van der Waals surface area contributed by atoms with E-state index >= 15 is 0 Å². The van der Waals surface area contributed by atoms with Gasteiger partial charge >= 0.3 is 0 Å². The number of piperidine rings is 1. The number of aromatic nitrogens is 2. The minimum Gasteiger partial charge on any atom is -0.348 e. The number of hydrogen-bond donors (Lipinski definition) is 1. The predicted octanol–water partition coefficient (Wildman–Crippen LogP) is 1.38. The Labute approximate surface area is 145 Å². The maximum atomic E-state index is 12.5. The zero-order chi connectivity index (χ0) is 17.6. The van der Waals surface area contributed by atoms with Crippen molar-refractivity contribution < 1.29 is 9.59 Å². The van der Waals surface area contributed by atoms with Gasteiger partial charge in [0.15, 0.2) is 0 Å². The summed E-state index contributed by atoms with van der Waals surface area (Å²) < 4.78 is 0. The van der Waals surface area contributed by atoms with Gasteiger partial charge in [0.1, 0.15) is 5.69 Å². The lowest BCUT2D eigenvalue weighted by molar-refractivity contribution is 0.0697. The van der Waals surface area contributed by atoms with E-state index in [1.807, 2.05) is 6.07 Å². The number of hydrogen-bond acceptors (Lipinski definition) is 5. The Hall–Kier alpha value is -3.27. The van der Waals surface area contributed by atoms with Gasteiger partial charge in [-0.25, -0.2) is 4.98 Å². The minimum atomic E-state index is -0.250. The smallest absolute Gasteiger partial charge is 0.271 e. The van der Waals surface area contributed by atoms with Gasteiger partial charge in [-0.2, -0.15) is 5.26 Å². The summed E-state index contributed by atoms with van der Waals surface area (Å²) in [6.45, 7) is 1.11. The molecule has 7 nitrogen and oxygen atoms in total. The minimum absolute atomic E-state index is 0.00370. The molecule has 3 rings (SSSR count). The molecule has 25 heavy (non-hydrogen) atoms. The third-order valence-corrected chi connectivity index (χ3v) is 4.15. The van der Waals surface area contributed by atoms with E-state index in [0.717, 1.165) is 0 Å². The normalized spacial score (nSPS) is 14.6. The maximum Gasteiger partial charge on any atom is 0.271 e. The summed E-state index contributed by atoms with van der Waals surface area (Å²) in [4.78, 5) is 34.2. The van der Waals surface area contributed by atoms with Gasteiger partial charge in [-0.15, -0.1) is 0 Å². The van der Waals surface area contributed by atoms with Gasteiger partial charge in [-0.1, -0.05) is 6.07 Å². The molecule has 1 aliphatic heterocycles. The SMILES string of the molecule is N#Cc1cccc(C(=O)N2CCC(NC(=O)c3cnccn3)CC2)c1. The van der Waals surface area contributed by atoms with Crippen LogP contribution in [0.2, 0.25) is 0 Å². The molecule has 0 unspecified atom stereocenters. The van der Waals surface area contributed by atoms with Gasteiger partial charge in [0.05, 0.1) is 17.8 Å². The number of amides is 2. The molecular formula is C18H17N5O2. The van der Waals surface area contributed by atoms with Gasteiger partial charge in [0.25, 0.3) is 11.8 Å². The van der Waals surface area contributed by atoms with E-state index in [1.54, 1.807) is 29.2 Å². The Kier molecular flexibility index (Phi) is 5.00. The average Bonchev–Trinajstić information content (AvgIpc) is 2.68. The Balaban J connectivity index is 1.55. The van der Waals surface area contributed by atoms with Crippen LogP contribution in [0.5, 0.6) is 0 Å². The number of carbonyl (C=O) groups excluding carboxylic acids is 2. The van der Waals surface area contributed by atoms with Crippen molar-refractivity contribution in [1.29, 1.82) is 5.26 Å². The van der Waals surface area contributed by atoms with Gasteiger partial charge in [-0.05, 0) is 31.0 Å². The largest absolute Gasteiger partial charge is 0.348 e. The van der Waals surface area contributed by atoms with Crippen LogP contribution in [0.25, 0.3) is 0 Å². The van der Waals surface area contributed by atoms with E-state index in [9.17, 15) is 9.59 Å². The molecule has 1 aromatic carbocycles. The molecule has 2 amide bonds. The van der Waals surface area contributed by atoms with Gasteiger partial charge in [-0.3, -0.25) is 14.6 Å². The van der Waals surface area contributed by atoms with Gasteiger partial charge in [0.2, 0.25) is 0 Å². The molecule has 0 spiro atoms. The topological polar surface area (TPSA) is 99.0 Å². The highest BCUT2D eigenvalue weighted by Gasteiger charge is 2.25. The second-order valence-electron chi connectivity index (χ2n) is 5.82. The highest BCUT2D eigenvalue weighted by molar-refractivity contribution is 5.94. The predicted molar refractivity (Wildman–Crippen MR) is 89.6 cm³/mol. The number of carbonyl (C=O) groups is 2. The lowest BCUT2D eigenvalue weighted by Crippen LogP contribution is -2.46. The number of rotatable bonds is 3. The zero-order valence-electron chi connectivity index (χ0n) is 13.6. The van der Waals surface area contributed by atoms with Crippen LogP contribution in [0.4, 0.5) is 0 Å². The summed E-state index contributed by atoms with van der Waals surface area (Å²) in [7, 11) is 0. The molecule has 1 saturated heterocycles. The molecule has 7 heteroatoms. The van der Waals surface area contributed by atoms with Crippen molar-refractivity contribution >= 4 is 11.8 Å². The summed E-state index contributed by atoms with van der Waals surface area (Å²) in [6, 6.07) is 8.74. The first-order valence-electron chi connectivity index (χ1n) is 8.03. The van der Waals surface area contributed by atoms with Crippen molar-refractivity contribution in [2.75, 3.05) is 13.1 Å². The standard InChI is InChI=1S/C18H17N5O2/c19-11-13-2-1-3-14(10-13)18(25)23-8-4-15(5-9-23)22-17(24)16-12-20-6-7-21-16/h1-3,6-7,10,12,15H,4-5,8-9H2,(H,22,24). The first-order valence-corrected chi connectivity index (χ1v) is 8.03. The molecule has 2 heterocycles. The number of nitrogens with one attached hydrogen (secondary N) is 1. The van der Waals surface area contributed by atoms with Crippen LogP contribution < -0.4 is 5.32 Å². The average molecular weight is 335 g/mol. The lowest BCUT2D eigenvalue weighted by atomic mass is 10.0. The third kappa shape index (κ3) is 3.98. The summed E-state index contributed by atoms with van der Waals surface area (Å²) in [5.41, 5.74) is 1.27. The molecule has 2 aromatic rings. The van der Waals surface area contributed by atoms with Crippen molar-refractivity contribution in [3.05, 3.63) is 59.7 Å². The molecule has 0 saturated carbocycles. The van der Waals surface area contributed by atoms with E-state index in [0.29, 0.717) is 37.1 Å². The molecule has 0 bridgehead atoms. The summed E-state index contributed by atoms with van der Waals surface area (Å²) in [5, 5.41) is 11.9. The molecule has 0 aliphatic carbocycles. The molecule has 0 radical (unpaired) electrons. The fourth-order valence-electron chi connectivity index (χ4n) is 2.81. The number of nitrogens with zero attached hydrogens (tertiary/aromatic N) is 4. The van der Waals surface area contributed by atoms with Crippen LogP contribution >= 0.6 is 0 Å². The maximum absolute atomic E-state index is 12.5. The van der Waals surface area contributed by atoms with E-state index in [1.165, 1.54) is 18.6 Å². The Morgan fingerprint density at radius 1 is 1.24 bits per heavy atom. The van der Waals surface area contributed by atoms with Gasteiger partial charge in [0, 0.05) is 37.1 Å². The molecule has 1 aliphatic rings. The fraction of sp³-hybridized carbons (Fsp3) is 0.278. The van der Waals surface area contributed by atoms with Gasteiger partial charge < -0.3 is 10.2 Å². The first-order chi connectivity index (χ1) is 12.2. The quantitative estimate of drug-likeness (QED) is 0.913. The van der Waals surface area contributed by atoms with Crippen molar-refractivity contribution in [1.82, 2.24) is 20.2 Å². The molecule has 1 aromatic heterocycles.